The Balaban J connectivity index is 0.00000626. The summed E-state index contributed by atoms with van der Waals surface area (Å²) in [6, 6.07) is 75.0. The molecule has 10 aromatic rings. The van der Waals surface area contributed by atoms with E-state index in [9.17, 15) is 0 Å². The Morgan fingerprint density at radius 1 is 0.446 bits per heavy atom. The first-order valence-electron chi connectivity index (χ1n) is 25.5. The molecule has 5 nitrogen and oxygen atoms in total. The molecule has 6 heteroatoms. The summed E-state index contributed by atoms with van der Waals surface area (Å²) in [5, 5.41) is 2.24. The van der Waals surface area contributed by atoms with Crippen molar-refractivity contribution in [1.29, 1.82) is 0 Å². The van der Waals surface area contributed by atoms with Crippen molar-refractivity contribution in [3.8, 4) is 28.4 Å². The smallest absolute Gasteiger partial charge is 0.135 e. The van der Waals surface area contributed by atoms with E-state index in [1.54, 1.807) is 0 Å². The average molecular weight is 1150 g/mol. The van der Waals surface area contributed by atoms with Gasteiger partial charge in [-0.05, 0) is 103 Å². The van der Waals surface area contributed by atoms with E-state index >= 15 is 0 Å². The Morgan fingerprint density at radius 3 is 1.73 bits per heavy atom. The second-order valence-corrected chi connectivity index (χ2v) is 22.7. The van der Waals surface area contributed by atoms with E-state index in [1.165, 1.54) is 44.5 Å². The molecule has 0 aliphatic carbocycles. The van der Waals surface area contributed by atoms with Crippen molar-refractivity contribution in [2.45, 2.75) is 90.9 Å². The summed E-state index contributed by atoms with van der Waals surface area (Å²) >= 11 is 0. The van der Waals surface area contributed by atoms with Crippen LogP contribution in [0.4, 0.5) is 22.7 Å². The van der Waals surface area contributed by atoms with Gasteiger partial charge in [-0.1, -0.05) is 190 Å². The summed E-state index contributed by atoms with van der Waals surface area (Å²) in [5.41, 5.74) is 15.3. The molecule has 0 atom stereocenters. The van der Waals surface area contributed by atoms with Gasteiger partial charge in [0.25, 0.3) is 0 Å². The fourth-order valence-electron chi connectivity index (χ4n) is 10.3. The number of ether oxygens (including phenoxy) is 1. The third-order valence-electron chi connectivity index (χ3n) is 15.1. The van der Waals surface area contributed by atoms with Crippen molar-refractivity contribution in [3.63, 3.8) is 0 Å². The molecule has 0 bridgehead atoms. The summed E-state index contributed by atoms with van der Waals surface area (Å²) in [5.74, 6) is 2.01. The first-order chi connectivity index (χ1) is 34.9. The zero-order valence-electron chi connectivity index (χ0n) is 44.1. The number of hydrogen-bond acceptors (Lipinski definition) is 4. The Kier molecular flexibility index (Phi) is 13.1. The van der Waals surface area contributed by atoms with Crippen LogP contribution in [0.2, 0.25) is 0 Å². The maximum atomic E-state index is 6.82. The standard InChI is InChI=1S/C68H63N4O.Pt/c1-65(2,3)50-29-33-60-59(40-50)58-32-31-57(44-62(58)72(60)64-42-52(35-36-69-64)68(9,10)49-25-18-13-19-26-49)73-56-28-20-27-54(43-56)70-45-71(55-38-47(46-21-14-11-15-22-46)37-53(39-55)66(4,5)6)63-41-51(30-34-61(63)70)67(7,8)48-23-16-12-17-24-48;/h11-42,45H,1-10H3;/q-3;. The van der Waals surface area contributed by atoms with E-state index in [0.717, 1.165) is 50.4 Å². The molecule has 1 aliphatic heterocycles. The third kappa shape index (κ3) is 9.37. The zero-order valence-corrected chi connectivity index (χ0v) is 46.3. The minimum Gasteiger partial charge on any atom is -0.509 e. The maximum absolute atomic E-state index is 6.82. The molecule has 0 spiro atoms. The fourth-order valence-corrected chi connectivity index (χ4v) is 10.3. The van der Waals surface area contributed by atoms with Gasteiger partial charge in [-0.25, -0.2) is 4.98 Å². The Morgan fingerprint density at radius 2 is 1.07 bits per heavy atom. The average Bonchev–Trinajstić information content (AvgIpc) is 3.94. The van der Waals surface area contributed by atoms with Gasteiger partial charge in [0.05, 0.1) is 0 Å². The molecular weight excluding hydrogens is 1080 g/mol. The Bertz CT molecular complexity index is 3660. The molecule has 8 aromatic carbocycles. The SMILES string of the molecule is CC(C)(C)c1cc(-c2ccccc2)cc(N2[CH-]N(c3[c-]c(Oc4[c-]c5c(cc4)c4cc(C(C)(C)C)ccc4n5-c4cc(C(C)(C)c5ccccc5)ccn4)ccc3)c3ccc(C(C)(C)c4ccccc4)cc32)c1.[Pt]. The first kappa shape index (κ1) is 50.3. The zero-order chi connectivity index (χ0) is 50.9. The molecule has 1 aliphatic rings. The fraction of sp³-hybridized carbons (Fsp3) is 0.206. The summed E-state index contributed by atoms with van der Waals surface area (Å²) in [6.07, 6.45) is 1.93. The van der Waals surface area contributed by atoms with Gasteiger partial charge in [-0.15, -0.1) is 48.1 Å². The van der Waals surface area contributed by atoms with Crippen molar-refractivity contribution >= 4 is 44.6 Å². The van der Waals surface area contributed by atoms with Crippen LogP contribution < -0.4 is 14.5 Å². The molecule has 11 rings (SSSR count). The van der Waals surface area contributed by atoms with Crippen LogP contribution in [0.1, 0.15) is 103 Å². The predicted molar refractivity (Wildman–Crippen MR) is 304 cm³/mol. The van der Waals surface area contributed by atoms with Crippen LogP contribution in [0, 0.1) is 18.8 Å². The molecule has 2 aromatic heterocycles. The van der Waals surface area contributed by atoms with Crippen LogP contribution in [0.3, 0.4) is 0 Å². The molecule has 0 amide bonds. The van der Waals surface area contributed by atoms with Crippen LogP contribution in [-0.2, 0) is 42.7 Å². The normalized spacial score (nSPS) is 13.1. The number of benzene rings is 8. The summed E-state index contributed by atoms with van der Waals surface area (Å²) < 4.78 is 9.06. The van der Waals surface area contributed by atoms with Gasteiger partial charge in [0.2, 0.25) is 0 Å². The van der Waals surface area contributed by atoms with E-state index in [-0.39, 0.29) is 42.7 Å². The number of aromatic nitrogens is 2. The molecule has 0 radical (unpaired) electrons. The molecule has 0 unspecified atom stereocenters. The van der Waals surface area contributed by atoms with Gasteiger partial charge in [0.1, 0.15) is 5.82 Å². The van der Waals surface area contributed by atoms with E-state index in [2.05, 4.69) is 272 Å². The molecule has 0 N–H and O–H groups in total. The molecule has 0 saturated carbocycles. The number of nitrogens with zero attached hydrogens (tertiary/aromatic N) is 4. The summed E-state index contributed by atoms with van der Waals surface area (Å²) in [6.45, 7) is 25.0. The van der Waals surface area contributed by atoms with Crippen molar-refractivity contribution in [3.05, 3.63) is 246 Å². The minimum absolute atomic E-state index is 0. The van der Waals surface area contributed by atoms with E-state index in [1.807, 2.05) is 24.4 Å². The number of anilines is 4. The van der Waals surface area contributed by atoms with Crippen molar-refractivity contribution in [2.24, 2.45) is 0 Å². The maximum Gasteiger partial charge on any atom is 0.135 e. The molecule has 0 fully saturated rings. The third-order valence-corrected chi connectivity index (χ3v) is 15.1. The Labute approximate surface area is 452 Å². The molecule has 0 saturated heterocycles. The van der Waals surface area contributed by atoms with Crippen molar-refractivity contribution < 1.29 is 25.8 Å². The van der Waals surface area contributed by atoms with Gasteiger partial charge in [-0.2, -0.15) is 12.1 Å². The van der Waals surface area contributed by atoms with Crippen LogP contribution in [-0.4, -0.2) is 9.55 Å². The molecule has 3 heterocycles. The van der Waals surface area contributed by atoms with Gasteiger partial charge in [0, 0.05) is 72.2 Å². The van der Waals surface area contributed by atoms with Gasteiger partial charge < -0.3 is 19.1 Å². The number of fused-ring (bicyclic) bond motifs is 4. The van der Waals surface area contributed by atoms with Crippen molar-refractivity contribution in [2.75, 3.05) is 9.80 Å². The van der Waals surface area contributed by atoms with Crippen LogP contribution >= 0.6 is 0 Å². The largest absolute Gasteiger partial charge is 0.509 e. The second kappa shape index (κ2) is 19.3. The van der Waals surface area contributed by atoms with Crippen LogP contribution in [0.15, 0.2) is 194 Å². The van der Waals surface area contributed by atoms with Crippen molar-refractivity contribution in [1.82, 2.24) is 9.55 Å². The quantitative estimate of drug-likeness (QED) is 0.128. The van der Waals surface area contributed by atoms with E-state index in [0.29, 0.717) is 11.5 Å². The monoisotopic (exact) mass is 1150 g/mol. The number of pyridine rings is 1. The summed E-state index contributed by atoms with van der Waals surface area (Å²) in [4.78, 5) is 9.61. The first-order valence-corrected chi connectivity index (χ1v) is 25.5. The molecule has 374 valence electrons. The minimum atomic E-state index is -0.247. The topological polar surface area (TPSA) is 33.5 Å². The van der Waals surface area contributed by atoms with Crippen LogP contribution in [0.5, 0.6) is 11.5 Å². The van der Waals surface area contributed by atoms with Gasteiger partial charge >= 0.3 is 0 Å². The predicted octanol–water partition coefficient (Wildman–Crippen LogP) is 17.9. The molecular formula is C68H63N4OPt-3. The number of rotatable bonds is 10. The summed E-state index contributed by atoms with van der Waals surface area (Å²) in [7, 11) is 0. The Hall–Kier alpha value is -7.20. The number of hydrogen-bond donors (Lipinski definition) is 0. The van der Waals surface area contributed by atoms with E-state index < -0.39 is 0 Å². The van der Waals surface area contributed by atoms with Crippen LogP contribution in [0.25, 0.3) is 38.8 Å². The van der Waals surface area contributed by atoms with Gasteiger partial charge in [-0.3, -0.25) is 0 Å². The molecule has 74 heavy (non-hydrogen) atoms. The van der Waals surface area contributed by atoms with Gasteiger partial charge in [0.15, 0.2) is 0 Å². The van der Waals surface area contributed by atoms with E-state index in [4.69, 9.17) is 9.72 Å². The second-order valence-electron chi connectivity index (χ2n) is 22.7.